The molecule has 0 spiro atoms. The number of benzene rings is 1. The van der Waals surface area contributed by atoms with Gasteiger partial charge in [-0.3, -0.25) is 4.79 Å². The van der Waals surface area contributed by atoms with Gasteiger partial charge in [0.05, 0.1) is 5.56 Å². The normalized spacial score (nSPS) is 8.25. The lowest BCUT2D eigenvalue weighted by molar-refractivity contribution is 0.112. The second-order valence-electron chi connectivity index (χ2n) is 1.82. The third kappa shape index (κ3) is 3.02. The molecule has 0 aliphatic rings. The van der Waals surface area contributed by atoms with Crippen molar-refractivity contribution in [1.82, 2.24) is 0 Å². The molecule has 4 heteroatoms. The molecule has 66 valence electrons. The van der Waals surface area contributed by atoms with E-state index in [0.29, 0.717) is 11.8 Å². The summed E-state index contributed by atoms with van der Waals surface area (Å²) in [6, 6.07) is 4.69. The van der Waals surface area contributed by atoms with Crippen LogP contribution in [-0.2, 0) is 0 Å². The van der Waals surface area contributed by atoms with E-state index in [-0.39, 0.29) is 5.75 Å². The Morgan fingerprint density at radius 3 is 2.50 bits per heavy atom. The van der Waals surface area contributed by atoms with E-state index in [9.17, 15) is 4.79 Å². The summed E-state index contributed by atoms with van der Waals surface area (Å²) in [6.07, 6.45) is 0.611. The van der Waals surface area contributed by atoms with E-state index in [1.54, 1.807) is 12.1 Å². The first kappa shape index (κ1) is 11.1. The summed E-state index contributed by atoms with van der Waals surface area (Å²) in [4.78, 5) is 10.2. The smallest absolute Gasteiger partial charge is 0.153 e. The number of carbonyl (C=O) groups is 1. The first-order chi connectivity index (χ1) is 5.74. The minimum Gasteiger partial charge on any atom is -0.507 e. The molecule has 1 aromatic carbocycles. The van der Waals surface area contributed by atoms with Gasteiger partial charge in [0.25, 0.3) is 0 Å². The van der Waals surface area contributed by atoms with Crippen molar-refractivity contribution in [2.45, 2.75) is 0 Å². The molecule has 1 aromatic rings. The standard InChI is InChI=1S/C7H5BrO2.CH5N/c8-6-1-2-7(10)5(3-6)4-9;1-2/h1-4,10H;2H2,1H3. The first-order valence-corrected chi connectivity index (χ1v) is 4.05. The summed E-state index contributed by atoms with van der Waals surface area (Å²) in [5.74, 6) is 0.0122. The van der Waals surface area contributed by atoms with Gasteiger partial charge in [-0.2, -0.15) is 0 Å². The molecule has 0 aromatic heterocycles. The van der Waals surface area contributed by atoms with Crippen LogP contribution in [0, 0.1) is 0 Å². The maximum absolute atomic E-state index is 10.2. The second kappa shape index (κ2) is 5.74. The van der Waals surface area contributed by atoms with Gasteiger partial charge in [-0.1, -0.05) is 15.9 Å². The van der Waals surface area contributed by atoms with Crippen LogP contribution in [0.15, 0.2) is 22.7 Å². The van der Waals surface area contributed by atoms with Crippen LogP contribution < -0.4 is 5.73 Å². The van der Waals surface area contributed by atoms with Gasteiger partial charge in [0, 0.05) is 4.47 Å². The van der Waals surface area contributed by atoms with Gasteiger partial charge in [-0.25, -0.2) is 0 Å². The zero-order valence-electron chi connectivity index (χ0n) is 6.62. The summed E-state index contributed by atoms with van der Waals surface area (Å²) in [5.41, 5.74) is 4.80. The van der Waals surface area contributed by atoms with Crippen LogP contribution in [0.4, 0.5) is 0 Å². The molecule has 0 aliphatic carbocycles. The summed E-state index contributed by atoms with van der Waals surface area (Å²) in [7, 11) is 1.50. The van der Waals surface area contributed by atoms with E-state index in [2.05, 4.69) is 21.7 Å². The van der Waals surface area contributed by atoms with Crippen molar-refractivity contribution in [3.63, 3.8) is 0 Å². The highest BCUT2D eigenvalue weighted by molar-refractivity contribution is 9.10. The number of phenols is 1. The Morgan fingerprint density at radius 1 is 1.50 bits per heavy atom. The molecule has 0 unspecified atom stereocenters. The van der Waals surface area contributed by atoms with Gasteiger partial charge >= 0.3 is 0 Å². The van der Waals surface area contributed by atoms with E-state index in [4.69, 9.17) is 5.11 Å². The van der Waals surface area contributed by atoms with Gasteiger partial charge in [-0.05, 0) is 25.2 Å². The van der Waals surface area contributed by atoms with Crippen LogP contribution in [0.25, 0.3) is 0 Å². The molecule has 3 N–H and O–H groups in total. The molecule has 0 saturated carbocycles. The van der Waals surface area contributed by atoms with Crippen LogP contribution in [0.1, 0.15) is 10.4 Å². The fourth-order valence-electron chi connectivity index (χ4n) is 0.620. The molecular weight excluding hydrogens is 222 g/mol. The first-order valence-electron chi connectivity index (χ1n) is 3.25. The lowest BCUT2D eigenvalue weighted by atomic mass is 10.2. The van der Waals surface area contributed by atoms with Crippen molar-refractivity contribution >= 4 is 22.2 Å². The van der Waals surface area contributed by atoms with E-state index < -0.39 is 0 Å². The van der Waals surface area contributed by atoms with Crippen LogP contribution >= 0.6 is 15.9 Å². The zero-order chi connectivity index (χ0) is 9.56. The van der Waals surface area contributed by atoms with Gasteiger partial charge < -0.3 is 10.8 Å². The highest BCUT2D eigenvalue weighted by Gasteiger charge is 1.97. The Hall–Kier alpha value is -0.870. The maximum Gasteiger partial charge on any atom is 0.153 e. The van der Waals surface area contributed by atoms with Crippen LogP contribution in [0.2, 0.25) is 0 Å². The lowest BCUT2D eigenvalue weighted by Crippen LogP contribution is -1.79. The fourth-order valence-corrected chi connectivity index (χ4v) is 0.999. The molecule has 0 bridgehead atoms. The van der Waals surface area contributed by atoms with Gasteiger partial charge in [-0.15, -0.1) is 0 Å². The molecule has 1 rings (SSSR count). The van der Waals surface area contributed by atoms with Crippen molar-refractivity contribution in [3.8, 4) is 5.75 Å². The summed E-state index contributed by atoms with van der Waals surface area (Å²) in [6.45, 7) is 0. The lowest BCUT2D eigenvalue weighted by Gasteiger charge is -1.95. The van der Waals surface area contributed by atoms with E-state index >= 15 is 0 Å². The number of aldehydes is 1. The molecule has 0 radical (unpaired) electrons. The van der Waals surface area contributed by atoms with Crippen molar-refractivity contribution in [2.75, 3.05) is 7.05 Å². The predicted octanol–water partition coefficient (Wildman–Crippen LogP) is 1.54. The van der Waals surface area contributed by atoms with Crippen molar-refractivity contribution < 1.29 is 9.90 Å². The molecule has 0 fully saturated rings. The summed E-state index contributed by atoms with van der Waals surface area (Å²) in [5, 5.41) is 8.98. The van der Waals surface area contributed by atoms with E-state index in [0.717, 1.165) is 4.47 Å². The number of aromatic hydroxyl groups is 1. The monoisotopic (exact) mass is 231 g/mol. The summed E-state index contributed by atoms with van der Waals surface area (Å²) < 4.78 is 0.785. The van der Waals surface area contributed by atoms with Crippen LogP contribution in [0.3, 0.4) is 0 Å². The minimum atomic E-state index is 0.0122. The van der Waals surface area contributed by atoms with Crippen LogP contribution in [0.5, 0.6) is 5.75 Å². The van der Waals surface area contributed by atoms with E-state index in [1.807, 2.05) is 0 Å². The van der Waals surface area contributed by atoms with Gasteiger partial charge in [0.15, 0.2) is 6.29 Å². The Bertz CT molecular complexity index is 263. The Labute approximate surface area is 79.3 Å². The largest absolute Gasteiger partial charge is 0.507 e. The molecule has 3 nitrogen and oxygen atoms in total. The highest BCUT2D eigenvalue weighted by Crippen LogP contribution is 2.19. The topological polar surface area (TPSA) is 63.3 Å². The fraction of sp³-hybridized carbons (Fsp3) is 0.125. The highest BCUT2D eigenvalue weighted by atomic mass is 79.9. The maximum atomic E-state index is 10.2. The number of nitrogens with two attached hydrogens (primary N) is 1. The average molecular weight is 232 g/mol. The van der Waals surface area contributed by atoms with Crippen molar-refractivity contribution in [2.24, 2.45) is 5.73 Å². The van der Waals surface area contributed by atoms with Crippen molar-refractivity contribution in [1.29, 1.82) is 0 Å². The zero-order valence-corrected chi connectivity index (χ0v) is 8.21. The third-order valence-corrected chi connectivity index (χ3v) is 1.61. The van der Waals surface area contributed by atoms with Crippen LogP contribution in [-0.4, -0.2) is 18.4 Å². The molecule has 0 amide bonds. The number of carbonyl (C=O) groups excluding carboxylic acids is 1. The quantitative estimate of drug-likeness (QED) is 0.722. The number of rotatable bonds is 1. The third-order valence-electron chi connectivity index (χ3n) is 1.12. The molecule has 0 saturated heterocycles. The number of halogens is 1. The molecule has 12 heavy (non-hydrogen) atoms. The molecule has 0 heterocycles. The average Bonchev–Trinajstić information content (AvgIpc) is 2.13. The Balaban J connectivity index is 0.000000561. The Morgan fingerprint density at radius 2 is 2.08 bits per heavy atom. The number of hydrogen-bond donors (Lipinski definition) is 2. The van der Waals surface area contributed by atoms with Gasteiger partial charge in [0.2, 0.25) is 0 Å². The van der Waals surface area contributed by atoms with Gasteiger partial charge in [0.1, 0.15) is 5.75 Å². The number of hydrogen-bond acceptors (Lipinski definition) is 3. The SMILES string of the molecule is CN.O=Cc1cc(Br)ccc1O. The second-order valence-corrected chi connectivity index (χ2v) is 2.74. The summed E-state index contributed by atoms with van der Waals surface area (Å²) >= 11 is 3.17. The van der Waals surface area contributed by atoms with E-state index in [1.165, 1.54) is 13.1 Å². The predicted molar refractivity (Wildman–Crippen MR) is 51.3 cm³/mol. The van der Waals surface area contributed by atoms with Crippen molar-refractivity contribution in [3.05, 3.63) is 28.2 Å². The Kier molecular flexibility index (Phi) is 5.32. The molecule has 0 aliphatic heterocycles. The number of phenolic OH excluding ortho intramolecular Hbond substituents is 1. The molecule has 0 atom stereocenters. The molecular formula is C8H10BrNO2. The minimum absolute atomic E-state index is 0.0122.